The Hall–Kier alpha value is -2.28. The van der Waals surface area contributed by atoms with E-state index < -0.39 is 0 Å². The zero-order valence-corrected chi connectivity index (χ0v) is 9.98. The van der Waals surface area contributed by atoms with Crippen LogP contribution in [0.15, 0.2) is 54.6 Å². The monoisotopic (exact) mass is 231 g/mol. The molecule has 1 N–H and O–H groups in total. The van der Waals surface area contributed by atoms with Gasteiger partial charge < -0.3 is 4.98 Å². The lowest BCUT2D eigenvalue weighted by Crippen LogP contribution is -1.84. The van der Waals surface area contributed by atoms with Gasteiger partial charge in [0.15, 0.2) is 0 Å². The Kier molecular flexibility index (Phi) is 1.95. The predicted octanol–water partition coefficient (Wildman–Crippen LogP) is 4.26. The van der Waals surface area contributed by atoms with Crippen LogP contribution in [0.2, 0.25) is 0 Å². The number of allylic oxidation sites excluding steroid dienone is 1. The Morgan fingerprint density at radius 1 is 0.889 bits per heavy atom. The number of fused-ring (bicyclic) bond motifs is 2. The molecule has 86 valence electrons. The Morgan fingerprint density at radius 3 is 2.61 bits per heavy atom. The Labute approximate surface area is 106 Å². The van der Waals surface area contributed by atoms with Gasteiger partial charge in [-0.3, -0.25) is 0 Å². The number of hydrogen-bond donors (Lipinski definition) is 1. The van der Waals surface area contributed by atoms with Gasteiger partial charge in [0.2, 0.25) is 0 Å². The average Bonchev–Trinajstić information content (AvgIpc) is 3.02. The lowest BCUT2D eigenvalue weighted by Gasteiger charge is -1.97. The normalized spacial score (nSPS) is 13.7. The zero-order valence-electron chi connectivity index (χ0n) is 9.98. The van der Waals surface area contributed by atoms with Crippen molar-refractivity contribution in [2.75, 3.05) is 0 Å². The molecule has 4 rings (SSSR count). The number of aromatic amines is 1. The number of rotatable bonds is 1. The second-order valence-electron chi connectivity index (χ2n) is 4.82. The van der Waals surface area contributed by atoms with Gasteiger partial charge >= 0.3 is 0 Å². The minimum atomic E-state index is 1.03. The van der Waals surface area contributed by atoms with Crippen molar-refractivity contribution < 1.29 is 0 Å². The summed E-state index contributed by atoms with van der Waals surface area (Å²) < 4.78 is 0. The first kappa shape index (κ1) is 9.72. The Bertz CT molecular complexity index is 729. The summed E-state index contributed by atoms with van der Waals surface area (Å²) in [6.45, 7) is 0. The van der Waals surface area contributed by atoms with Crippen LogP contribution in [0.5, 0.6) is 0 Å². The molecule has 0 amide bonds. The molecule has 0 radical (unpaired) electrons. The Morgan fingerprint density at radius 2 is 1.72 bits per heavy atom. The van der Waals surface area contributed by atoms with E-state index in [4.69, 9.17) is 0 Å². The summed E-state index contributed by atoms with van der Waals surface area (Å²) in [7, 11) is 0. The molecule has 0 saturated carbocycles. The van der Waals surface area contributed by atoms with Gasteiger partial charge in [-0.2, -0.15) is 0 Å². The van der Waals surface area contributed by atoms with Crippen molar-refractivity contribution in [3.63, 3.8) is 0 Å². The van der Waals surface area contributed by atoms with E-state index in [0.717, 1.165) is 6.42 Å². The molecule has 0 saturated heterocycles. The van der Waals surface area contributed by atoms with Gasteiger partial charge in [-0.15, -0.1) is 0 Å². The predicted molar refractivity (Wildman–Crippen MR) is 76.3 cm³/mol. The second kappa shape index (κ2) is 3.61. The summed E-state index contributed by atoms with van der Waals surface area (Å²) in [5, 5.41) is 1.28. The highest BCUT2D eigenvalue weighted by Gasteiger charge is 2.14. The molecule has 0 fully saturated rings. The standard InChI is InChI=1S/C17H13N/c1-2-6-13-10-15(9-12(13)5-1)17-11-14-7-3-4-8-16(14)18-17/h1-9,11,18H,10H2. The molecule has 1 aliphatic carbocycles. The molecule has 0 bridgehead atoms. The van der Waals surface area contributed by atoms with Crippen molar-refractivity contribution in [3.8, 4) is 0 Å². The summed E-state index contributed by atoms with van der Waals surface area (Å²) in [4.78, 5) is 3.50. The fraction of sp³-hybridized carbons (Fsp3) is 0.0588. The quantitative estimate of drug-likeness (QED) is 0.644. The van der Waals surface area contributed by atoms with Gasteiger partial charge in [-0.25, -0.2) is 0 Å². The molecule has 1 aromatic heterocycles. The molecule has 1 aliphatic rings. The summed E-state index contributed by atoms with van der Waals surface area (Å²) >= 11 is 0. The lowest BCUT2D eigenvalue weighted by molar-refractivity contribution is 1.28. The van der Waals surface area contributed by atoms with Crippen LogP contribution in [0, 0.1) is 0 Å². The van der Waals surface area contributed by atoms with Gasteiger partial charge in [0, 0.05) is 17.6 Å². The molecule has 2 aromatic carbocycles. The smallest absolute Gasteiger partial charge is 0.0458 e. The molecule has 18 heavy (non-hydrogen) atoms. The summed E-state index contributed by atoms with van der Waals surface area (Å²) in [5.74, 6) is 0. The minimum Gasteiger partial charge on any atom is -0.355 e. The van der Waals surface area contributed by atoms with Crippen LogP contribution >= 0.6 is 0 Å². The van der Waals surface area contributed by atoms with Gasteiger partial charge in [0.05, 0.1) is 0 Å². The van der Waals surface area contributed by atoms with E-state index in [0.29, 0.717) is 0 Å². The highest BCUT2D eigenvalue weighted by Crippen LogP contribution is 2.32. The third-order valence-corrected chi connectivity index (χ3v) is 3.64. The first-order valence-electron chi connectivity index (χ1n) is 6.27. The van der Waals surface area contributed by atoms with E-state index >= 15 is 0 Å². The van der Waals surface area contributed by atoms with Crippen LogP contribution < -0.4 is 0 Å². The van der Waals surface area contributed by atoms with Crippen molar-refractivity contribution in [1.82, 2.24) is 4.98 Å². The first-order chi connectivity index (χ1) is 8.90. The van der Waals surface area contributed by atoms with Crippen LogP contribution in [-0.4, -0.2) is 4.98 Å². The van der Waals surface area contributed by atoms with Gasteiger partial charge in [0.25, 0.3) is 0 Å². The molecule has 0 aliphatic heterocycles. The van der Waals surface area contributed by atoms with Crippen molar-refractivity contribution in [3.05, 3.63) is 71.4 Å². The Balaban J connectivity index is 1.82. The summed E-state index contributed by atoms with van der Waals surface area (Å²) in [6.07, 6.45) is 3.32. The molecule has 1 heteroatoms. The van der Waals surface area contributed by atoms with Crippen LogP contribution in [0.1, 0.15) is 16.8 Å². The van der Waals surface area contributed by atoms with Crippen LogP contribution in [0.4, 0.5) is 0 Å². The summed E-state index contributed by atoms with van der Waals surface area (Å²) in [6, 6.07) is 19.3. The van der Waals surface area contributed by atoms with Crippen molar-refractivity contribution >= 4 is 22.6 Å². The first-order valence-corrected chi connectivity index (χ1v) is 6.27. The number of para-hydroxylation sites is 1. The minimum absolute atomic E-state index is 1.03. The van der Waals surface area contributed by atoms with Gasteiger partial charge in [-0.1, -0.05) is 42.5 Å². The van der Waals surface area contributed by atoms with Crippen LogP contribution in [0.3, 0.4) is 0 Å². The third-order valence-electron chi connectivity index (χ3n) is 3.64. The fourth-order valence-corrected chi connectivity index (χ4v) is 2.70. The van der Waals surface area contributed by atoms with Crippen LogP contribution in [0.25, 0.3) is 22.6 Å². The topological polar surface area (TPSA) is 15.8 Å². The van der Waals surface area contributed by atoms with E-state index in [1.807, 2.05) is 0 Å². The van der Waals surface area contributed by atoms with Crippen molar-refractivity contribution in [1.29, 1.82) is 0 Å². The van der Waals surface area contributed by atoms with Crippen LogP contribution in [-0.2, 0) is 6.42 Å². The zero-order chi connectivity index (χ0) is 11.9. The summed E-state index contributed by atoms with van der Waals surface area (Å²) in [5.41, 5.74) is 6.61. The number of nitrogens with one attached hydrogen (secondary N) is 1. The molecule has 0 unspecified atom stereocenters. The highest BCUT2D eigenvalue weighted by molar-refractivity contribution is 5.92. The van der Waals surface area contributed by atoms with E-state index in [1.165, 1.54) is 33.3 Å². The molecule has 0 spiro atoms. The molecule has 1 heterocycles. The molecule has 0 atom stereocenters. The van der Waals surface area contributed by atoms with Gasteiger partial charge in [-0.05, 0) is 40.3 Å². The SMILES string of the molecule is C1=C(c2cc3ccccc3[nH]2)Cc2ccccc21. The molecular formula is C17H13N. The maximum atomic E-state index is 3.50. The van der Waals surface area contributed by atoms with E-state index in [-0.39, 0.29) is 0 Å². The third kappa shape index (κ3) is 1.41. The maximum Gasteiger partial charge on any atom is 0.0458 e. The van der Waals surface area contributed by atoms with E-state index in [2.05, 4.69) is 65.7 Å². The number of H-pyrrole nitrogens is 1. The molecule has 3 aromatic rings. The largest absolute Gasteiger partial charge is 0.355 e. The number of hydrogen-bond acceptors (Lipinski definition) is 0. The second-order valence-corrected chi connectivity index (χ2v) is 4.82. The molecular weight excluding hydrogens is 218 g/mol. The van der Waals surface area contributed by atoms with E-state index in [9.17, 15) is 0 Å². The number of benzene rings is 2. The van der Waals surface area contributed by atoms with Crippen molar-refractivity contribution in [2.24, 2.45) is 0 Å². The fourth-order valence-electron chi connectivity index (χ4n) is 2.70. The van der Waals surface area contributed by atoms with Crippen molar-refractivity contribution in [2.45, 2.75) is 6.42 Å². The highest BCUT2D eigenvalue weighted by atomic mass is 14.7. The average molecular weight is 231 g/mol. The van der Waals surface area contributed by atoms with Gasteiger partial charge in [0.1, 0.15) is 0 Å². The maximum absolute atomic E-state index is 3.50. The van der Waals surface area contributed by atoms with E-state index in [1.54, 1.807) is 0 Å². The lowest BCUT2D eigenvalue weighted by atomic mass is 10.1. The molecule has 1 nitrogen and oxygen atoms in total. The number of aromatic nitrogens is 1.